The van der Waals surface area contributed by atoms with Crippen molar-refractivity contribution in [3.8, 4) is 0 Å². The molecule has 1 N–H and O–H groups in total. The molecule has 0 fully saturated rings. The Kier molecular flexibility index (Phi) is 5.51. The second-order valence-corrected chi connectivity index (χ2v) is 7.05. The van der Waals surface area contributed by atoms with Gasteiger partial charge in [-0.15, -0.1) is 0 Å². The maximum Gasteiger partial charge on any atom is 0.339 e. The van der Waals surface area contributed by atoms with Gasteiger partial charge in [-0.2, -0.15) is 0 Å². The fourth-order valence-corrected chi connectivity index (χ4v) is 3.45. The van der Waals surface area contributed by atoms with E-state index in [9.17, 15) is 19.2 Å². The number of aryl methyl sites for hydroxylation is 1. The average molecular weight is 429 g/mol. The van der Waals surface area contributed by atoms with Crippen LogP contribution in [0.5, 0.6) is 0 Å². The molecule has 8 heteroatoms. The third kappa shape index (κ3) is 3.74. The topological polar surface area (TPSA) is 106 Å². The summed E-state index contributed by atoms with van der Waals surface area (Å²) in [5.41, 5.74) is 2.18. The summed E-state index contributed by atoms with van der Waals surface area (Å²) in [4.78, 5) is 55.3. The second kappa shape index (κ2) is 8.43. The number of nitrogens with zero attached hydrogens (tertiary/aromatic N) is 2. The molecule has 3 aromatic rings. The number of ether oxygens (including phenoxy) is 1. The predicted molar refractivity (Wildman–Crippen MR) is 117 cm³/mol. The molecule has 2 heterocycles. The number of esters is 1. The lowest BCUT2D eigenvalue weighted by Gasteiger charge is -2.15. The van der Waals surface area contributed by atoms with Crippen molar-refractivity contribution in [1.82, 2.24) is 4.98 Å². The Morgan fingerprint density at radius 3 is 2.28 bits per heavy atom. The lowest BCUT2D eigenvalue weighted by atomic mass is 10.1. The number of aromatic nitrogens is 1. The van der Waals surface area contributed by atoms with Gasteiger partial charge < -0.3 is 10.1 Å². The second-order valence-electron chi connectivity index (χ2n) is 7.05. The Labute approximate surface area is 183 Å². The summed E-state index contributed by atoms with van der Waals surface area (Å²) >= 11 is 0. The molecule has 32 heavy (non-hydrogen) atoms. The van der Waals surface area contributed by atoms with E-state index >= 15 is 0 Å². The van der Waals surface area contributed by atoms with Gasteiger partial charge in [0.25, 0.3) is 17.7 Å². The standard InChI is InChI=1S/C24H19N3O5/c1-3-32-24(31)17-11-12-20(25-14(17)2)21(28)26-15-7-6-8-16(13-15)27-22(29)18-9-4-5-10-19(18)23(27)30/h4-13H,3H2,1-2H3,(H,26,28). The summed E-state index contributed by atoms with van der Waals surface area (Å²) in [6.45, 7) is 3.56. The molecule has 4 rings (SSSR count). The van der Waals surface area contributed by atoms with Crippen LogP contribution in [0, 0.1) is 6.92 Å². The molecule has 1 aliphatic rings. The van der Waals surface area contributed by atoms with Crippen LogP contribution in [-0.4, -0.2) is 35.3 Å². The highest BCUT2D eigenvalue weighted by Crippen LogP contribution is 2.29. The van der Waals surface area contributed by atoms with Gasteiger partial charge in [-0.1, -0.05) is 18.2 Å². The normalized spacial score (nSPS) is 12.5. The van der Waals surface area contributed by atoms with Crippen LogP contribution in [0.2, 0.25) is 0 Å². The molecular weight excluding hydrogens is 410 g/mol. The molecule has 8 nitrogen and oxygen atoms in total. The predicted octanol–water partition coefficient (Wildman–Crippen LogP) is 3.62. The molecule has 0 unspecified atom stereocenters. The van der Waals surface area contributed by atoms with Crippen LogP contribution < -0.4 is 10.2 Å². The molecule has 160 valence electrons. The number of hydrogen-bond acceptors (Lipinski definition) is 6. The van der Waals surface area contributed by atoms with Crippen LogP contribution in [0.1, 0.15) is 54.2 Å². The fourth-order valence-electron chi connectivity index (χ4n) is 3.45. The average Bonchev–Trinajstić information content (AvgIpc) is 3.04. The van der Waals surface area contributed by atoms with Crippen molar-refractivity contribution in [2.24, 2.45) is 0 Å². The monoisotopic (exact) mass is 429 g/mol. The lowest BCUT2D eigenvalue weighted by molar-refractivity contribution is 0.0524. The van der Waals surface area contributed by atoms with Crippen LogP contribution in [0.3, 0.4) is 0 Å². The first-order valence-corrected chi connectivity index (χ1v) is 9.94. The van der Waals surface area contributed by atoms with E-state index in [1.807, 2.05) is 0 Å². The molecule has 0 saturated heterocycles. The van der Waals surface area contributed by atoms with Gasteiger partial charge in [0, 0.05) is 5.69 Å². The number of carbonyl (C=O) groups is 4. The SMILES string of the molecule is CCOC(=O)c1ccc(C(=O)Nc2cccc(N3C(=O)c4ccccc4C3=O)c2)nc1C. The molecule has 0 atom stereocenters. The van der Waals surface area contributed by atoms with Crippen molar-refractivity contribution in [2.45, 2.75) is 13.8 Å². The van der Waals surface area contributed by atoms with Crippen molar-refractivity contribution >= 4 is 35.1 Å². The summed E-state index contributed by atoms with van der Waals surface area (Å²) in [6, 6.07) is 16.0. The van der Waals surface area contributed by atoms with Crippen molar-refractivity contribution in [3.05, 3.63) is 88.7 Å². The molecule has 0 aliphatic carbocycles. The number of hydrogen-bond donors (Lipinski definition) is 1. The van der Waals surface area contributed by atoms with Gasteiger partial charge in [0.15, 0.2) is 0 Å². The molecule has 1 aliphatic heterocycles. The number of anilines is 2. The Morgan fingerprint density at radius 1 is 0.969 bits per heavy atom. The van der Waals surface area contributed by atoms with E-state index < -0.39 is 23.7 Å². The number of pyridine rings is 1. The molecule has 0 radical (unpaired) electrons. The molecule has 0 bridgehead atoms. The summed E-state index contributed by atoms with van der Waals surface area (Å²) < 4.78 is 4.97. The van der Waals surface area contributed by atoms with Crippen LogP contribution in [0.4, 0.5) is 11.4 Å². The molecule has 0 saturated carbocycles. The fraction of sp³-hybridized carbons (Fsp3) is 0.125. The van der Waals surface area contributed by atoms with E-state index in [-0.39, 0.29) is 17.9 Å². The van der Waals surface area contributed by atoms with Gasteiger partial charge in [0.1, 0.15) is 5.69 Å². The Bertz CT molecular complexity index is 1230. The maximum absolute atomic E-state index is 12.7. The van der Waals surface area contributed by atoms with Crippen LogP contribution in [-0.2, 0) is 4.74 Å². The van der Waals surface area contributed by atoms with Crippen molar-refractivity contribution in [2.75, 3.05) is 16.8 Å². The molecule has 1 aromatic heterocycles. The molecule has 0 spiro atoms. The number of benzene rings is 2. The van der Waals surface area contributed by atoms with E-state index in [4.69, 9.17) is 4.74 Å². The zero-order chi connectivity index (χ0) is 22.8. The minimum Gasteiger partial charge on any atom is -0.462 e. The van der Waals surface area contributed by atoms with E-state index in [0.29, 0.717) is 28.2 Å². The van der Waals surface area contributed by atoms with Crippen molar-refractivity contribution in [3.63, 3.8) is 0 Å². The Morgan fingerprint density at radius 2 is 1.66 bits per heavy atom. The number of rotatable bonds is 5. The van der Waals surface area contributed by atoms with Gasteiger partial charge in [-0.05, 0) is 56.3 Å². The zero-order valence-corrected chi connectivity index (χ0v) is 17.4. The van der Waals surface area contributed by atoms with E-state index in [1.54, 1.807) is 62.4 Å². The smallest absolute Gasteiger partial charge is 0.339 e. The number of nitrogens with one attached hydrogen (secondary N) is 1. The maximum atomic E-state index is 12.7. The first-order valence-electron chi connectivity index (χ1n) is 9.94. The van der Waals surface area contributed by atoms with E-state index in [1.165, 1.54) is 12.1 Å². The number of imide groups is 1. The number of amides is 3. The largest absolute Gasteiger partial charge is 0.462 e. The zero-order valence-electron chi connectivity index (χ0n) is 17.4. The highest BCUT2D eigenvalue weighted by atomic mass is 16.5. The third-order valence-electron chi connectivity index (χ3n) is 4.97. The first kappa shape index (κ1) is 20.9. The van der Waals surface area contributed by atoms with Crippen molar-refractivity contribution in [1.29, 1.82) is 0 Å². The number of fused-ring (bicyclic) bond motifs is 1. The van der Waals surface area contributed by atoms with Gasteiger partial charge in [-0.3, -0.25) is 14.4 Å². The summed E-state index contributed by atoms with van der Waals surface area (Å²) in [5, 5.41) is 2.71. The Hall–Kier alpha value is -4.33. The van der Waals surface area contributed by atoms with Gasteiger partial charge in [0.2, 0.25) is 0 Å². The first-order chi connectivity index (χ1) is 15.4. The molecular formula is C24H19N3O5. The third-order valence-corrected chi connectivity index (χ3v) is 4.97. The van der Waals surface area contributed by atoms with Gasteiger partial charge in [-0.25, -0.2) is 14.7 Å². The van der Waals surface area contributed by atoms with E-state index in [0.717, 1.165) is 4.90 Å². The van der Waals surface area contributed by atoms with Crippen molar-refractivity contribution < 1.29 is 23.9 Å². The molecule has 3 amide bonds. The lowest BCUT2D eigenvalue weighted by Crippen LogP contribution is -2.29. The minimum atomic E-state index is -0.502. The summed E-state index contributed by atoms with van der Waals surface area (Å²) in [7, 11) is 0. The quantitative estimate of drug-likeness (QED) is 0.491. The van der Waals surface area contributed by atoms with Crippen LogP contribution in [0.25, 0.3) is 0 Å². The Balaban J connectivity index is 1.55. The number of carbonyl (C=O) groups excluding carboxylic acids is 4. The van der Waals surface area contributed by atoms with E-state index in [2.05, 4.69) is 10.3 Å². The van der Waals surface area contributed by atoms with Gasteiger partial charge >= 0.3 is 5.97 Å². The highest BCUT2D eigenvalue weighted by molar-refractivity contribution is 6.34. The van der Waals surface area contributed by atoms with Crippen LogP contribution in [0.15, 0.2) is 60.7 Å². The minimum absolute atomic E-state index is 0.113. The molecule has 2 aromatic carbocycles. The van der Waals surface area contributed by atoms with Crippen LogP contribution >= 0.6 is 0 Å². The summed E-state index contributed by atoms with van der Waals surface area (Å²) in [6.07, 6.45) is 0. The highest BCUT2D eigenvalue weighted by Gasteiger charge is 2.36. The summed E-state index contributed by atoms with van der Waals surface area (Å²) in [5.74, 6) is -1.83. The van der Waals surface area contributed by atoms with Gasteiger partial charge in [0.05, 0.1) is 34.7 Å².